The molecule has 1 fully saturated rings. The van der Waals surface area contributed by atoms with Gasteiger partial charge in [0.15, 0.2) is 11.6 Å². The van der Waals surface area contributed by atoms with E-state index in [4.69, 9.17) is 9.47 Å². The van der Waals surface area contributed by atoms with Gasteiger partial charge < -0.3 is 14.8 Å². The summed E-state index contributed by atoms with van der Waals surface area (Å²) in [5.41, 5.74) is -0.0807. The molecule has 0 bridgehead atoms. The maximum Gasteiger partial charge on any atom is 0.272 e. The number of ether oxygens (including phenoxy) is 2. The molecule has 104 valence electrons. The molecule has 6 nitrogen and oxygen atoms in total. The number of benzene rings is 1. The molecule has 1 aliphatic heterocycles. The quantitative estimate of drug-likeness (QED) is 0.674. The number of nitrogens with one attached hydrogen (secondary N) is 1. The van der Waals surface area contributed by atoms with E-state index in [2.05, 4.69) is 5.32 Å². The van der Waals surface area contributed by atoms with Crippen LogP contribution < -0.4 is 5.32 Å². The Morgan fingerprint density at radius 3 is 2.58 bits per heavy atom. The molecule has 1 N–H and O–H groups in total. The lowest BCUT2D eigenvalue weighted by molar-refractivity contribution is -0.385. The van der Waals surface area contributed by atoms with E-state index >= 15 is 0 Å². The van der Waals surface area contributed by atoms with Crippen LogP contribution in [0.4, 0.5) is 15.8 Å². The highest BCUT2D eigenvalue weighted by Crippen LogP contribution is 2.23. The van der Waals surface area contributed by atoms with Crippen molar-refractivity contribution in [2.24, 2.45) is 0 Å². The van der Waals surface area contributed by atoms with Crippen LogP contribution in [0.1, 0.15) is 13.8 Å². The van der Waals surface area contributed by atoms with Crippen molar-refractivity contribution >= 4 is 11.4 Å². The molecule has 1 aromatic carbocycles. The second-order valence-corrected chi connectivity index (χ2v) is 4.78. The molecule has 0 spiro atoms. The number of anilines is 1. The minimum absolute atomic E-state index is 0.191. The summed E-state index contributed by atoms with van der Waals surface area (Å²) in [6.07, 6.45) is 0. The van der Waals surface area contributed by atoms with Gasteiger partial charge in [0.2, 0.25) is 0 Å². The van der Waals surface area contributed by atoms with Crippen LogP contribution in [0, 0.1) is 15.9 Å². The monoisotopic (exact) mass is 270 g/mol. The number of nitro groups is 1. The molecule has 1 heterocycles. The molecule has 1 aliphatic rings. The van der Waals surface area contributed by atoms with Gasteiger partial charge in [-0.25, -0.2) is 4.39 Å². The molecular formula is C12H15FN2O4. The second-order valence-electron chi connectivity index (χ2n) is 4.78. The Kier molecular flexibility index (Phi) is 3.68. The smallest absolute Gasteiger partial charge is 0.272 e. The summed E-state index contributed by atoms with van der Waals surface area (Å²) in [4.78, 5) is 9.87. The normalized spacial score (nSPS) is 19.1. The van der Waals surface area contributed by atoms with Crippen molar-refractivity contribution in [3.05, 3.63) is 34.1 Å². The Morgan fingerprint density at radius 1 is 1.42 bits per heavy atom. The zero-order valence-corrected chi connectivity index (χ0v) is 10.7. The fraction of sp³-hybridized carbons (Fsp3) is 0.500. The minimum atomic E-state index is -0.668. The van der Waals surface area contributed by atoms with Crippen molar-refractivity contribution in [3.8, 4) is 0 Å². The van der Waals surface area contributed by atoms with Gasteiger partial charge in [0, 0.05) is 6.07 Å². The topological polar surface area (TPSA) is 73.6 Å². The zero-order chi connectivity index (χ0) is 14.0. The molecule has 2 rings (SSSR count). The Morgan fingerprint density at radius 2 is 2.05 bits per heavy atom. The SMILES string of the molecule is CC1(C)OCC(Nc2ccc([N+](=O)[O-])cc2F)CO1. The van der Waals surface area contributed by atoms with Crippen LogP contribution >= 0.6 is 0 Å². The van der Waals surface area contributed by atoms with Gasteiger partial charge in [-0.3, -0.25) is 10.1 Å². The van der Waals surface area contributed by atoms with Gasteiger partial charge in [-0.1, -0.05) is 0 Å². The lowest BCUT2D eigenvalue weighted by Crippen LogP contribution is -2.45. The summed E-state index contributed by atoms with van der Waals surface area (Å²) in [5.74, 6) is -1.30. The maximum atomic E-state index is 13.7. The van der Waals surface area contributed by atoms with Gasteiger partial charge in [-0.2, -0.15) is 0 Å². The summed E-state index contributed by atoms with van der Waals surface area (Å²) >= 11 is 0. The summed E-state index contributed by atoms with van der Waals surface area (Å²) in [6.45, 7) is 4.36. The predicted octanol–water partition coefficient (Wildman–Crippen LogP) is 2.30. The Bertz CT molecular complexity index is 483. The lowest BCUT2D eigenvalue weighted by Gasteiger charge is -2.35. The average molecular weight is 270 g/mol. The van der Waals surface area contributed by atoms with E-state index in [1.54, 1.807) is 13.8 Å². The highest BCUT2D eigenvalue weighted by molar-refractivity contribution is 5.50. The predicted molar refractivity (Wildman–Crippen MR) is 66.4 cm³/mol. The summed E-state index contributed by atoms with van der Waals surface area (Å²) in [7, 11) is 0. The van der Waals surface area contributed by atoms with Gasteiger partial charge in [-0.05, 0) is 19.9 Å². The Hall–Kier alpha value is -1.73. The third-order valence-electron chi connectivity index (χ3n) is 2.79. The van der Waals surface area contributed by atoms with Crippen molar-refractivity contribution in [1.29, 1.82) is 0 Å². The molecule has 0 atom stereocenters. The molecule has 0 radical (unpaired) electrons. The van der Waals surface area contributed by atoms with Crippen molar-refractivity contribution in [3.63, 3.8) is 0 Å². The molecular weight excluding hydrogens is 255 g/mol. The van der Waals surface area contributed by atoms with Crippen LogP contribution in [0.15, 0.2) is 18.2 Å². The fourth-order valence-electron chi connectivity index (χ4n) is 1.73. The summed E-state index contributed by atoms with van der Waals surface area (Å²) in [6, 6.07) is 3.29. The van der Waals surface area contributed by atoms with Gasteiger partial charge in [0.05, 0.1) is 35.9 Å². The molecule has 7 heteroatoms. The van der Waals surface area contributed by atoms with Crippen LogP contribution in [0.5, 0.6) is 0 Å². The van der Waals surface area contributed by atoms with Gasteiger partial charge in [0.25, 0.3) is 5.69 Å². The van der Waals surface area contributed by atoms with E-state index in [9.17, 15) is 14.5 Å². The third kappa shape index (κ3) is 3.39. The highest BCUT2D eigenvalue weighted by Gasteiger charge is 2.28. The molecule has 1 aromatic rings. The first-order chi connectivity index (χ1) is 8.87. The third-order valence-corrected chi connectivity index (χ3v) is 2.79. The molecule has 1 saturated heterocycles. The van der Waals surface area contributed by atoms with Crippen molar-refractivity contribution in [2.45, 2.75) is 25.7 Å². The fourth-order valence-corrected chi connectivity index (χ4v) is 1.73. The van der Waals surface area contributed by atoms with Crippen molar-refractivity contribution in [2.75, 3.05) is 18.5 Å². The molecule has 0 unspecified atom stereocenters. The molecule has 0 aromatic heterocycles. The second kappa shape index (κ2) is 5.10. The Labute approximate surface area is 109 Å². The number of non-ortho nitro benzene ring substituents is 1. The van der Waals surface area contributed by atoms with Crippen molar-refractivity contribution < 1.29 is 18.8 Å². The van der Waals surface area contributed by atoms with Gasteiger partial charge >= 0.3 is 0 Å². The first kappa shape index (κ1) is 13.7. The first-order valence-electron chi connectivity index (χ1n) is 5.86. The number of hydrogen-bond acceptors (Lipinski definition) is 5. The molecule has 0 amide bonds. The first-order valence-corrected chi connectivity index (χ1v) is 5.86. The maximum absolute atomic E-state index is 13.7. The standard InChI is InChI=1S/C12H15FN2O4/c1-12(2)18-6-8(7-19-12)14-11-4-3-9(15(16)17)5-10(11)13/h3-5,8,14H,6-7H2,1-2H3. The van der Waals surface area contributed by atoms with E-state index in [1.165, 1.54) is 12.1 Å². The van der Waals surface area contributed by atoms with Crippen LogP contribution in [-0.4, -0.2) is 30.0 Å². The van der Waals surface area contributed by atoms with Crippen LogP contribution in [-0.2, 0) is 9.47 Å². The number of hydrogen-bond donors (Lipinski definition) is 1. The number of nitrogens with zero attached hydrogens (tertiary/aromatic N) is 1. The van der Waals surface area contributed by atoms with E-state index in [0.717, 1.165) is 6.07 Å². The van der Waals surface area contributed by atoms with Crippen LogP contribution in [0.25, 0.3) is 0 Å². The van der Waals surface area contributed by atoms with E-state index < -0.39 is 16.5 Å². The van der Waals surface area contributed by atoms with Crippen molar-refractivity contribution in [1.82, 2.24) is 0 Å². The number of nitro benzene ring substituents is 1. The number of halogens is 1. The largest absolute Gasteiger partial charge is 0.375 e. The lowest BCUT2D eigenvalue weighted by atomic mass is 10.2. The zero-order valence-electron chi connectivity index (χ0n) is 10.7. The molecule has 0 aliphatic carbocycles. The van der Waals surface area contributed by atoms with Gasteiger partial charge in [-0.15, -0.1) is 0 Å². The van der Waals surface area contributed by atoms with E-state index in [1.807, 2.05) is 0 Å². The average Bonchev–Trinajstić information content (AvgIpc) is 2.34. The molecule has 0 saturated carbocycles. The molecule has 19 heavy (non-hydrogen) atoms. The highest BCUT2D eigenvalue weighted by atomic mass is 19.1. The summed E-state index contributed by atoms with van der Waals surface area (Å²) < 4.78 is 24.5. The van der Waals surface area contributed by atoms with Crippen LogP contribution in [0.3, 0.4) is 0 Å². The minimum Gasteiger partial charge on any atom is -0.375 e. The number of rotatable bonds is 3. The Balaban J connectivity index is 2.02. The summed E-state index contributed by atoms with van der Waals surface area (Å²) in [5, 5.41) is 13.4. The van der Waals surface area contributed by atoms with E-state index in [-0.39, 0.29) is 17.4 Å². The van der Waals surface area contributed by atoms with E-state index in [0.29, 0.717) is 13.2 Å². The van der Waals surface area contributed by atoms with Crippen LogP contribution in [0.2, 0.25) is 0 Å². The van der Waals surface area contributed by atoms with Gasteiger partial charge in [0.1, 0.15) is 0 Å².